The molecule has 1 aromatic rings. The minimum atomic E-state index is -0.102. The van der Waals surface area contributed by atoms with Crippen LogP contribution in [0, 0.1) is 6.92 Å². The lowest BCUT2D eigenvalue weighted by Crippen LogP contribution is -2.06. The molecule has 14 heavy (non-hydrogen) atoms. The molecular weight excluding hydrogens is 198 g/mol. The van der Waals surface area contributed by atoms with Crippen molar-refractivity contribution in [3.63, 3.8) is 0 Å². The second kappa shape index (κ2) is 5.75. The summed E-state index contributed by atoms with van der Waals surface area (Å²) in [6.45, 7) is 4.41. The van der Waals surface area contributed by atoms with E-state index in [9.17, 15) is 4.79 Å². The molecule has 78 valence electrons. The van der Waals surface area contributed by atoms with Crippen LogP contribution in [0.4, 0.5) is 0 Å². The van der Waals surface area contributed by atoms with Crippen LogP contribution >= 0.6 is 11.3 Å². The molecule has 0 saturated heterocycles. The van der Waals surface area contributed by atoms with Crippen molar-refractivity contribution >= 4 is 17.3 Å². The van der Waals surface area contributed by atoms with Crippen molar-refractivity contribution in [1.29, 1.82) is 0 Å². The van der Waals surface area contributed by atoms with E-state index in [-0.39, 0.29) is 5.97 Å². The second-order valence-corrected chi connectivity index (χ2v) is 4.02. The Hall–Kier alpha value is -0.900. The average Bonchev–Trinajstić information content (AvgIpc) is 2.52. The maximum Gasteiger partial charge on any atom is 0.305 e. The van der Waals surface area contributed by atoms with E-state index in [1.807, 2.05) is 19.4 Å². The highest BCUT2D eigenvalue weighted by Gasteiger charge is 2.03. The van der Waals surface area contributed by atoms with Gasteiger partial charge in [-0.1, -0.05) is 6.92 Å². The van der Waals surface area contributed by atoms with E-state index < -0.39 is 0 Å². The van der Waals surface area contributed by atoms with Gasteiger partial charge in [-0.25, -0.2) is 4.98 Å². The zero-order chi connectivity index (χ0) is 10.4. The standard InChI is InChI=1S/C10H15NO2S/c1-3-4-10(12)13-6-5-9-8(2)11-7-14-9/h7H,3-6H2,1-2H3. The highest BCUT2D eigenvalue weighted by Crippen LogP contribution is 2.12. The maximum absolute atomic E-state index is 11.0. The minimum absolute atomic E-state index is 0.102. The van der Waals surface area contributed by atoms with Crippen LogP contribution in [0.1, 0.15) is 30.3 Å². The Labute approximate surface area is 88.1 Å². The first-order valence-electron chi connectivity index (χ1n) is 4.78. The minimum Gasteiger partial charge on any atom is -0.465 e. The summed E-state index contributed by atoms with van der Waals surface area (Å²) in [5.41, 5.74) is 2.86. The van der Waals surface area contributed by atoms with Crippen LogP contribution in [0.5, 0.6) is 0 Å². The molecule has 1 heterocycles. The third-order valence-corrected chi connectivity index (χ3v) is 2.89. The number of aromatic nitrogens is 1. The molecule has 1 aromatic heterocycles. The predicted molar refractivity (Wildman–Crippen MR) is 56.4 cm³/mol. The molecule has 0 fully saturated rings. The highest BCUT2D eigenvalue weighted by atomic mass is 32.1. The Morgan fingerprint density at radius 1 is 1.64 bits per heavy atom. The molecule has 0 radical (unpaired) electrons. The second-order valence-electron chi connectivity index (χ2n) is 3.08. The summed E-state index contributed by atoms with van der Waals surface area (Å²) in [6.07, 6.45) is 2.14. The van der Waals surface area contributed by atoms with Gasteiger partial charge in [-0.05, 0) is 13.3 Å². The molecular formula is C10H15NO2S. The number of carbonyl (C=O) groups excluding carboxylic acids is 1. The molecule has 0 atom stereocenters. The van der Waals surface area contributed by atoms with Gasteiger partial charge in [0.1, 0.15) is 0 Å². The summed E-state index contributed by atoms with van der Waals surface area (Å²) < 4.78 is 5.05. The van der Waals surface area contributed by atoms with Crippen molar-refractivity contribution in [2.75, 3.05) is 6.61 Å². The molecule has 0 N–H and O–H groups in total. The van der Waals surface area contributed by atoms with Gasteiger partial charge in [0, 0.05) is 17.7 Å². The summed E-state index contributed by atoms with van der Waals surface area (Å²) in [5.74, 6) is -0.102. The van der Waals surface area contributed by atoms with Gasteiger partial charge in [0.15, 0.2) is 0 Å². The van der Waals surface area contributed by atoms with Gasteiger partial charge < -0.3 is 4.74 Å². The smallest absolute Gasteiger partial charge is 0.305 e. The van der Waals surface area contributed by atoms with E-state index in [2.05, 4.69) is 4.98 Å². The Balaban J connectivity index is 2.22. The lowest BCUT2D eigenvalue weighted by atomic mass is 10.3. The van der Waals surface area contributed by atoms with Gasteiger partial charge in [0.25, 0.3) is 0 Å². The SMILES string of the molecule is CCCC(=O)OCCc1scnc1C. The highest BCUT2D eigenvalue weighted by molar-refractivity contribution is 7.09. The predicted octanol–water partition coefficient (Wildman–Crippen LogP) is 2.34. The molecule has 3 nitrogen and oxygen atoms in total. The zero-order valence-electron chi connectivity index (χ0n) is 8.58. The molecule has 0 aliphatic heterocycles. The van der Waals surface area contributed by atoms with Crippen LogP contribution in [0.25, 0.3) is 0 Å². The van der Waals surface area contributed by atoms with Crippen molar-refractivity contribution in [2.45, 2.75) is 33.1 Å². The summed E-state index contributed by atoms with van der Waals surface area (Å²) in [4.78, 5) is 16.4. The van der Waals surface area contributed by atoms with Crippen molar-refractivity contribution in [1.82, 2.24) is 4.98 Å². The van der Waals surface area contributed by atoms with E-state index in [0.29, 0.717) is 13.0 Å². The Kier molecular flexibility index (Phi) is 4.59. The Morgan fingerprint density at radius 2 is 2.43 bits per heavy atom. The molecule has 0 aliphatic rings. The molecule has 0 aromatic carbocycles. The van der Waals surface area contributed by atoms with Gasteiger partial charge >= 0.3 is 5.97 Å². The van der Waals surface area contributed by atoms with E-state index in [0.717, 1.165) is 18.5 Å². The van der Waals surface area contributed by atoms with Crippen LogP contribution in [0.3, 0.4) is 0 Å². The lowest BCUT2D eigenvalue weighted by molar-refractivity contribution is -0.143. The Morgan fingerprint density at radius 3 is 3.00 bits per heavy atom. The molecule has 1 rings (SSSR count). The number of aryl methyl sites for hydroxylation is 1. The molecule has 0 spiro atoms. The van der Waals surface area contributed by atoms with Crippen LogP contribution in [-0.2, 0) is 16.0 Å². The van der Waals surface area contributed by atoms with Gasteiger partial charge in [-0.15, -0.1) is 11.3 Å². The first-order valence-corrected chi connectivity index (χ1v) is 5.66. The number of ether oxygens (including phenoxy) is 1. The van der Waals surface area contributed by atoms with Crippen LogP contribution in [0.15, 0.2) is 5.51 Å². The average molecular weight is 213 g/mol. The number of thiazole rings is 1. The van der Waals surface area contributed by atoms with E-state index >= 15 is 0 Å². The van der Waals surface area contributed by atoms with Crippen molar-refractivity contribution in [2.24, 2.45) is 0 Å². The van der Waals surface area contributed by atoms with Gasteiger partial charge in [0.05, 0.1) is 17.8 Å². The largest absolute Gasteiger partial charge is 0.465 e. The van der Waals surface area contributed by atoms with Crippen molar-refractivity contribution < 1.29 is 9.53 Å². The quantitative estimate of drug-likeness (QED) is 0.705. The number of rotatable bonds is 5. The first-order chi connectivity index (χ1) is 6.74. The third-order valence-electron chi connectivity index (χ3n) is 1.89. The summed E-state index contributed by atoms with van der Waals surface area (Å²) in [7, 11) is 0. The topological polar surface area (TPSA) is 39.2 Å². The van der Waals surface area contributed by atoms with E-state index in [1.165, 1.54) is 4.88 Å². The normalized spacial score (nSPS) is 10.1. The first kappa shape index (κ1) is 11.2. The molecule has 0 unspecified atom stereocenters. The van der Waals surface area contributed by atoms with Gasteiger partial charge in [-0.3, -0.25) is 4.79 Å². The molecule has 0 bridgehead atoms. The molecule has 0 saturated carbocycles. The summed E-state index contributed by atoms with van der Waals surface area (Å²) in [6, 6.07) is 0. The fourth-order valence-electron chi connectivity index (χ4n) is 1.10. The lowest BCUT2D eigenvalue weighted by Gasteiger charge is -2.02. The van der Waals surface area contributed by atoms with E-state index in [1.54, 1.807) is 11.3 Å². The molecule has 0 aliphatic carbocycles. The number of nitrogens with zero attached hydrogens (tertiary/aromatic N) is 1. The fraction of sp³-hybridized carbons (Fsp3) is 0.600. The third kappa shape index (κ3) is 3.46. The van der Waals surface area contributed by atoms with Crippen molar-refractivity contribution in [3.05, 3.63) is 16.1 Å². The fourth-order valence-corrected chi connectivity index (χ4v) is 1.86. The molecule has 0 amide bonds. The van der Waals surface area contributed by atoms with E-state index in [4.69, 9.17) is 4.74 Å². The zero-order valence-corrected chi connectivity index (χ0v) is 9.39. The van der Waals surface area contributed by atoms with Crippen molar-refractivity contribution in [3.8, 4) is 0 Å². The summed E-state index contributed by atoms with van der Waals surface area (Å²) >= 11 is 1.61. The molecule has 4 heteroatoms. The monoisotopic (exact) mass is 213 g/mol. The Bertz CT molecular complexity index is 296. The van der Waals surface area contributed by atoms with Crippen LogP contribution < -0.4 is 0 Å². The van der Waals surface area contributed by atoms with Gasteiger partial charge in [-0.2, -0.15) is 0 Å². The number of carbonyl (C=O) groups is 1. The van der Waals surface area contributed by atoms with Gasteiger partial charge in [0.2, 0.25) is 0 Å². The number of esters is 1. The van der Waals surface area contributed by atoms with Crippen LogP contribution in [-0.4, -0.2) is 17.6 Å². The summed E-state index contributed by atoms with van der Waals surface area (Å²) in [5, 5.41) is 0. The van der Waals surface area contributed by atoms with Crippen LogP contribution in [0.2, 0.25) is 0 Å². The number of hydrogen-bond acceptors (Lipinski definition) is 4. The number of hydrogen-bond donors (Lipinski definition) is 0. The maximum atomic E-state index is 11.0.